The average molecular weight is 293 g/mol. The Morgan fingerprint density at radius 1 is 1.48 bits per heavy atom. The lowest BCUT2D eigenvalue weighted by Crippen LogP contribution is -2.39. The Bertz CT molecular complexity index is 466. The van der Waals surface area contributed by atoms with Gasteiger partial charge in [-0.05, 0) is 36.8 Å². The van der Waals surface area contributed by atoms with Crippen LogP contribution in [0.1, 0.15) is 57.5 Å². The van der Waals surface area contributed by atoms with E-state index in [0.717, 1.165) is 17.4 Å². The first-order valence-corrected chi connectivity index (χ1v) is 8.00. The molecule has 0 bridgehead atoms. The highest BCUT2D eigenvalue weighted by Crippen LogP contribution is 2.47. The standard InChI is InChI=1S/C17H27NO3/c1-11(2)15(8-9-19)18-17(20)7-5-13-4-6-16(21-13)14-10-12(14)3/h4,6,11-12,14-15,19H,5,7-10H2,1-3H3,(H,18,20). The topological polar surface area (TPSA) is 62.5 Å². The number of rotatable bonds is 8. The maximum absolute atomic E-state index is 12.0. The van der Waals surface area contributed by atoms with Gasteiger partial charge < -0.3 is 14.8 Å². The highest BCUT2D eigenvalue weighted by Gasteiger charge is 2.36. The SMILES string of the molecule is CC(C)C(CCO)NC(=O)CCc1ccc(C2CC2C)o1. The lowest BCUT2D eigenvalue weighted by molar-refractivity contribution is -0.122. The first-order chi connectivity index (χ1) is 10.0. The summed E-state index contributed by atoms with van der Waals surface area (Å²) in [5.41, 5.74) is 0. The summed E-state index contributed by atoms with van der Waals surface area (Å²) in [5.74, 6) is 3.63. The molecule has 1 aromatic rings. The van der Waals surface area contributed by atoms with Gasteiger partial charge in [0.15, 0.2) is 0 Å². The van der Waals surface area contributed by atoms with Gasteiger partial charge >= 0.3 is 0 Å². The number of aliphatic hydroxyl groups is 1. The molecule has 0 aromatic carbocycles. The summed E-state index contributed by atoms with van der Waals surface area (Å²) < 4.78 is 5.81. The molecule has 0 aliphatic heterocycles. The minimum absolute atomic E-state index is 0.0277. The maximum Gasteiger partial charge on any atom is 0.220 e. The first kappa shape index (κ1) is 16.1. The summed E-state index contributed by atoms with van der Waals surface area (Å²) in [6.45, 7) is 6.43. The van der Waals surface area contributed by atoms with Crippen LogP contribution in [0.3, 0.4) is 0 Å². The molecule has 1 aliphatic carbocycles. The Morgan fingerprint density at radius 2 is 2.19 bits per heavy atom. The van der Waals surface area contributed by atoms with Gasteiger partial charge in [0, 0.05) is 31.4 Å². The van der Waals surface area contributed by atoms with Crippen molar-refractivity contribution in [2.45, 2.75) is 58.4 Å². The summed E-state index contributed by atoms with van der Waals surface area (Å²) in [5, 5.41) is 12.0. The number of aliphatic hydroxyl groups excluding tert-OH is 1. The third-order valence-corrected chi connectivity index (χ3v) is 4.35. The maximum atomic E-state index is 12.0. The number of aryl methyl sites for hydroxylation is 1. The highest BCUT2D eigenvalue weighted by atomic mass is 16.3. The smallest absolute Gasteiger partial charge is 0.220 e. The van der Waals surface area contributed by atoms with E-state index in [-0.39, 0.29) is 18.6 Å². The second kappa shape index (κ2) is 7.12. The first-order valence-electron chi connectivity index (χ1n) is 8.00. The summed E-state index contributed by atoms with van der Waals surface area (Å²) in [6, 6.07) is 4.08. The van der Waals surface area contributed by atoms with Gasteiger partial charge in [-0.25, -0.2) is 0 Å². The minimum Gasteiger partial charge on any atom is -0.466 e. The van der Waals surface area contributed by atoms with E-state index >= 15 is 0 Å². The van der Waals surface area contributed by atoms with Crippen molar-refractivity contribution in [3.63, 3.8) is 0 Å². The monoisotopic (exact) mass is 293 g/mol. The van der Waals surface area contributed by atoms with Crippen LogP contribution < -0.4 is 5.32 Å². The molecule has 1 fully saturated rings. The molecule has 0 saturated heterocycles. The van der Waals surface area contributed by atoms with Crippen LogP contribution in [-0.4, -0.2) is 23.7 Å². The largest absolute Gasteiger partial charge is 0.466 e. The fourth-order valence-corrected chi connectivity index (χ4v) is 2.67. The Labute approximate surface area is 126 Å². The van der Waals surface area contributed by atoms with Crippen LogP contribution in [0.2, 0.25) is 0 Å². The van der Waals surface area contributed by atoms with Crippen molar-refractivity contribution < 1.29 is 14.3 Å². The van der Waals surface area contributed by atoms with Crippen LogP contribution in [0.4, 0.5) is 0 Å². The second-order valence-corrected chi connectivity index (χ2v) is 6.55. The number of carbonyl (C=O) groups is 1. The molecular formula is C17H27NO3. The molecule has 3 atom stereocenters. The molecule has 4 nitrogen and oxygen atoms in total. The summed E-state index contributed by atoms with van der Waals surface area (Å²) in [4.78, 5) is 12.0. The zero-order valence-electron chi connectivity index (χ0n) is 13.3. The van der Waals surface area contributed by atoms with E-state index in [1.54, 1.807) is 0 Å². The Morgan fingerprint density at radius 3 is 2.76 bits per heavy atom. The average Bonchev–Trinajstić information content (AvgIpc) is 2.99. The fourth-order valence-electron chi connectivity index (χ4n) is 2.67. The van der Waals surface area contributed by atoms with Crippen molar-refractivity contribution in [3.8, 4) is 0 Å². The molecular weight excluding hydrogens is 266 g/mol. The van der Waals surface area contributed by atoms with E-state index in [9.17, 15) is 4.79 Å². The molecule has 2 N–H and O–H groups in total. The molecule has 1 aromatic heterocycles. The predicted molar refractivity (Wildman–Crippen MR) is 82.0 cm³/mol. The number of hydrogen-bond acceptors (Lipinski definition) is 3. The van der Waals surface area contributed by atoms with E-state index < -0.39 is 0 Å². The Hall–Kier alpha value is -1.29. The number of carbonyl (C=O) groups excluding carboxylic acids is 1. The lowest BCUT2D eigenvalue weighted by atomic mass is 10.0. The summed E-state index contributed by atoms with van der Waals surface area (Å²) in [6.07, 6.45) is 2.89. The van der Waals surface area contributed by atoms with Crippen LogP contribution in [0, 0.1) is 11.8 Å². The number of amides is 1. The van der Waals surface area contributed by atoms with Gasteiger partial charge in [-0.3, -0.25) is 4.79 Å². The van der Waals surface area contributed by atoms with Crippen molar-refractivity contribution in [1.82, 2.24) is 5.32 Å². The van der Waals surface area contributed by atoms with E-state index in [1.165, 1.54) is 6.42 Å². The van der Waals surface area contributed by atoms with Gasteiger partial charge in [-0.2, -0.15) is 0 Å². The van der Waals surface area contributed by atoms with E-state index in [1.807, 2.05) is 12.1 Å². The van der Waals surface area contributed by atoms with Crippen molar-refractivity contribution in [2.24, 2.45) is 11.8 Å². The second-order valence-electron chi connectivity index (χ2n) is 6.55. The van der Waals surface area contributed by atoms with Gasteiger partial charge in [0.25, 0.3) is 0 Å². The Balaban J connectivity index is 1.76. The third kappa shape index (κ3) is 4.60. The minimum atomic E-state index is 0.0277. The van der Waals surface area contributed by atoms with Gasteiger partial charge in [0.2, 0.25) is 5.91 Å². The molecule has 118 valence electrons. The van der Waals surface area contributed by atoms with Crippen LogP contribution in [-0.2, 0) is 11.2 Å². The van der Waals surface area contributed by atoms with Crippen molar-refractivity contribution in [2.75, 3.05) is 6.61 Å². The van der Waals surface area contributed by atoms with Gasteiger partial charge in [0.05, 0.1) is 0 Å². The molecule has 1 heterocycles. The van der Waals surface area contributed by atoms with Crippen LogP contribution >= 0.6 is 0 Å². The molecule has 2 rings (SSSR count). The molecule has 1 aliphatic rings. The van der Waals surface area contributed by atoms with Crippen LogP contribution in [0.25, 0.3) is 0 Å². The van der Waals surface area contributed by atoms with E-state index in [0.29, 0.717) is 31.1 Å². The fraction of sp³-hybridized carbons (Fsp3) is 0.706. The lowest BCUT2D eigenvalue weighted by Gasteiger charge is -2.21. The molecule has 21 heavy (non-hydrogen) atoms. The van der Waals surface area contributed by atoms with Crippen LogP contribution in [0.5, 0.6) is 0 Å². The molecule has 1 amide bonds. The van der Waals surface area contributed by atoms with Gasteiger partial charge in [-0.1, -0.05) is 20.8 Å². The number of furan rings is 1. The number of hydrogen-bond donors (Lipinski definition) is 2. The molecule has 3 unspecified atom stereocenters. The van der Waals surface area contributed by atoms with Crippen LogP contribution in [0.15, 0.2) is 16.5 Å². The highest BCUT2D eigenvalue weighted by molar-refractivity contribution is 5.76. The normalized spacial score (nSPS) is 22.3. The zero-order chi connectivity index (χ0) is 15.4. The zero-order valence-corrected chi connectivity index (χ0v) is 13.3. The van der Waals surface area contributed by atoms with Gasteiger partial charge in [-0.15, -0.1) is 0 Å². The number of nitrogens with one attached hydrogen (secondary N) is 1. The summed E-state index contributed by atoms with van der Waals surface area (Å²) in [7, 11) is 0. The quantitative estimate of drug-likeness (QED) is 0.774. The van der Waals surface area contributed by atoms with Crippen molar-refractivity contribution >= 4 is 5.91 Å². The predicted octanol–water partition coefficient (Wildman–Crippen LogP) is 2.86. The molecule has 0 radical (unpaired) electrons. The van der Waals surface area contributed by atoms with Crippen molar-refractivity contribution in [1.29, 1.82) is 0 Å². The molecule has 1 saturated carbocycles. The third-order valence-electron chi connectivity index (χ3n) is 4.35. The van der Waals surface area contributed by atoms with Crippen molar-refractivity contribution in [3.05, 3.63) is 23.7 Å². The van der Waals surface area contributed by atoms with Gasteiger partial charge in [0.1, 0.15) is 11.5 Å². The molecule has 0 spiro atoms. The molecule has 4 heteroatoms. The summed E-state index contributed by atoms with van der Waals surface area (Å²) >= 11 is 0. The Kier molecular flexibility index (Phi) is 5.45. The van der Waals surface area contributed by atoms with E-state index in [4.69, 9.17) is 9.52 Å². The van der Waals surface area contributed by atoms with E-state index in [2.05, 4.69) is 26.1 Å².